The quantitative estimate of drug-likeness (QED) is 0.822. The molecule has 0 spiro atoms. The van der Waals surface area contributed by atoms with E-state index in [0.717, 1.165) is 18.5 Å². The van der Waals surface area contributed by atoms with Crippen LogP contribution in [0.3, 0.4) is 0 Å². The molecule has 0 fully saturated rings. The number of benzene rings is 1. The molecule has 0 saturated heterocycles. The van der Waals surface area contributed by atoms with E-state index in [4.69, 9.17) is 11.6 Å². The Balaban J connectivity index is 1.91. The van der Waals surface area contributed by atoms with Gasteiger partial charge in [0.15, 0.2) is 0 Å². The lowest BCUT2D eigenvalue weighted by Gasteiger charge is -2.08. The lowest BCUT2D eigenvalue weighted by Crippen LogP contribution is -2.11. The number of anilines is 2. The van der Waals surface area contributed by atoms with Gasteiger partial charge in [0.25, 0.3) is 0 Å². The molecule has 1 heterocycles. The van der Waals surface area contributed by atoms with E-state index in [2.05, 4.69) is 25.6 Å². The number of hydrogen-bond donors (Lipinski definition) is 2. The van der Waals surface area contributed by atoms with Crippen LogP contribution in [0, 0.1) is 5.82 Å². The molecule has 1 aromatic carbocycles. The molecule has 2 rings (SSSR count). The van der Waals surface area contributed by atoms with Gasteiger partial charge in [0.2, 0.25) is 17.2 Å². The van der Waals surface area contributed by atoms with Crippen molar-refractivity contribution in [3.8, 4) is 0 Å². The predicted octanol–water partition coefficient (Wildman–Crippen LogP) is 3.14. The molecule has 0 unspecified atom stereocenters. The van der Waals surface area contributed by atoms with Crippen LogP contribution in [-0.4, -0.2) is 28.0 Å². The van der Waals surface area contributed by atoms with E-state index in [1.54, 1.807) is 6.07 Å². The van der Waals surface area contributed by atoms with Crippen molar-refractivity contribution in [1.82, 2.24) is 15.0 Å². The molecule has 0 radical (unpaired) electrons. The lowest BCUT2D eigenvalue weighted by molar-refractivity contribution is 0.625. The lowest BCUT2D eigenvalue weighted by atomic mass is 10.1. The third-order valence-electron chi connectivity index (χ3n) is 2.73. The fourth-order valence-electron chi connectivity index (χ4n) is 1.76. The van der Waals surface area contributed by atoms with Gasteiger partial charge in [-0.25, -0.2) is 4.39 Å². The second-order valence-corrected chi connectivity index (χ2v) is 4.82. The molecule has 0 bridgehead atoms. The Morgan fingerprint density at radius 2 is 1.81 bits per heavy atom. The van der Waals surface area contributed by atoms with E-state index < -0.39 is 0 Å². The molecule has 21 heavy (non-hydrogen) atoms. The summed E-state index contributed by atoms with van der Waals surface area (Å²) >= 11 is 5.85. The van der Waals surface area contributed by atoms with Crippen LogP contribution in [0.25, 0.3) is 0 Å². The highest BCUT2D eigenvalue weighted by molar-refractivity contribution is 6.28. The van der Waals surface area contributed by atoms with Gasteiger partial charge >= 0.3 is 0 Å². The van der Waals surface area contributed by atoms with Gasteiger partial charge in [-0.3, -0.25) is 0 Å². The van der Waals surface area contributed by atoms with Crippen LogP contribution in [0.15, 0.2) is 24.3 Å². The van der Waals surface area contributed by atoms with Crippen molar-refractivity contribution in [2.75, 3.05) is 23.7 Å². The molecule has 5 nitrogen and oxygen atoms in total. The van der Waals surface area contributed by atoms with Crippen LogP contribution in [0.5, 0.6) is 0 Å². The number of aromatic nitrogens is 3. The van der Waals surface area contributed by atoms with Crippen LogP contribution in [-0.2, 0) is 6.42 Å². The van der Waals surface area contributed by atoms with E-state index in [0.29, 0.717) is 24.9 Å². The molecule has 2 N–H and O–H groups in total. The second-order valence-electron chi connectivity index (χ2n) is 4.49. The first-order valence-corrected chi connectivity index (χ1v) is 7.19. The van der Waals surface area contributed by atoms with Gasteiger partial charge in [-0.1, -0.05) is 19.1 Å². The predicted molar refractivity (Wildman–Crippen MR) is 82.2 cm³/mol. The number of rotatable bonds is 7. The van der Waals surface area contributed by atoms with Crippen molar-refractivity contribution >= 4 is 23.5 Å². The van der Waals surface area contributed by atoms with Crippen molar-refractivity contribution in [1.29, 1.82) is 0 Å². The van der Waals surface area contributed by atoms with E-state index in [9.17, 15) is 4.39 Å². The molecule has 112 valence electrons. The highest BCUT2D eigenvalue weighted by Gasteiger charge is 2.04. The molecule has 1 aromatic heterocycles. The van der Waals surface area contributed by atoms with Gasteiger partial charge in [0.1, 0.15) is 5.82 Å². The Morgan fingerprint density at radius 3 is 2.48 bits per heavy atom. The molecule has 0 aliphatic carbocycles. The summed E-state index contributed by atoms with van der Waals surface area (Å²) in [6.07, 6.45) is 1.63. The summed E-state index contributed by atoms with van der Waals surface area (Å²) in [5.41, 5.74) is 0.909. The Morgan fingerprint density at radius 1 is 1.10 bits per heavy atom. The third-order valence-corrected chi connectivity index (χ3v) is 2.90. The summed E-state index contributed by atoms with van der Waals surface area (Å²) in [7, 11) is 0. The zero-order valence-electron chi connectivity index (χ0n) is 11.7. The van der Waals surface area contributed by atoms with Crippen LogP contribution in [0.2, 0.25) is 5.28 Å². The fourth-order valence-corrected chi connectivity index (χ4v) is 1.92. The van der Waals surface area contributed by atoms with E-state index >= 15 is 0 Å². The third kappa shape index (κ3) is 5.15. The first kappa shape index (κ1) is 15.4. The maximum absolute atomic E-state index is 13.1. The van der Waals surface area contributed by atoms with Gasteiger partial charge in [0.05, 0.1) is 0 Å². The largest absolute Gasteiger partial charge is 0.354 e. The smallest absolute Gasteiger partial charge is 0.228 e. The molecule has 2 aromatic rings. The topological polar surface area (TPSA) is 62.7 Å². The zero-order chi connectivity index (χ0) is 15.1. The van der Waals surface area contributed by atoms with E-state index in [1.807, 2.05) is 13.0 Å². The Kier molecular flexibility index (Phi) is 5.68. The molecular weight excluding hydrogens is 293 g/mol. The van der Waals surface area contributed by atoms with Crippen molar-refractivity contribution in [2.24, 2.45) is 0 Å². The van der Waals surface area contributed by atoms with Gasteiger partial charge in [-0.2, -0.15) is 15.0 Å². The minimum absolute atomic E-state index is 0.136. The molecule has 0 aliphatic heterocycles. The van der Waals surface area contributed by atoms with Crippen molar-refractivity contribution < 1.29 is 4.39 Å². The monoisotopic (exact) mass is 309 g/mol. The fraction of sp³-hybridized carbons (Fsp3) is 0.357. The summed E-state index contributed by atoms with van der Waals surface area (Å²) in [5, 5.41) is 6.25. The van der Waals surface area contributed by atoms with Gasteiger partial charge < -0.3 is 10.6 Å². The van der Waals surface area contributed by atoms with Gasteiger partial charge in [0, 0.05) is 13.1 Å². The summed E-state index contributed by atoms with van der Waals surface area (Å²) in [5.74, 6) is 0.622. The summed E-state index contributed by atoms with van der Waals surface area (Å²) in [4.78, 5) is 12.2. The second kappa shape index (κ2) is 7.73. The van der Waals surface area contributed by atoms with E-state index in [1.165, 1.54) is 12.1 Å². The van der Waals surface area contributed by atoms with Crippen LogP contribution >= 0.6 is 11.6 Å². The van der Waals surface area contributed by atoms with E-state index in [-0.39, 0.29) is 11.1 Å². The number of nitrogens with one attached hydrogen (secondary N) is 2. The first-order chi connectivity index (χ1) is 10.2. The van der Waals surface area contributed by atoms with Crippen LogP contribution in [0.1, 0.15) is 18.9 Å². The number of hydrogen-bond acceptors (Lipinski definition) is 5. The van der Waals surface area contributed by atoms with Gasteiger partial charge in [-0.05, 0) is 42.1 Å². The number of nitrogens with zero attached hydrogens (tertiary/aromatic N) is 3. The normalized spacial score (nSPS) is 10.4. The van der Waals surface area contributed by atoms with Crippen LogP contribution < -0.4 is 10.6 Å². The van der Waals surface area contributed by atoms with Crippen molar-refractivity contribution in [2.45, 2.75) is 19.8 Å². The summed E-state index contributed by atoms with van der Waals surface area (Å²) < 4.78 is 13.1. The van der Waals surface area contributed by atoms with Gasteiger partial charge in [-0.15, -0.1) is 0 Å². The highest BCUT2D eigenvalue weighted by Crippen LogP contribution is 2.10. The minimum Gasteiger partial charge on any atom is -0.354 e. The SMILES string of the molecule is CCCNc1nc(Cl)nc(NCCc2cccc(F)c2)n1. The highest BCUT2D eigenvalue weighted by atomic mass is 35.5. The summed E-state index contributed by atoms with van der Waals surface area (Å²) in [6.45, 7) is 3.40. The molecule has 7 heteroatoms. The standard InChI is InChI=1S/C14H17ClFN5/c1-2-7-17-13-19-12(15)20-14(21-13)18-8-6-10-4-3-5-11(16)9-10/h3-5,9H,2,6-8H2,1H3,(H2,17,18,19,20,21). The zero-order valence-corrected chi connectivity index (χ0v) is 12.5. The number of halogens is 2. The van der Waals surface area contributed by atoms with Crippen molar-refractivity contribution in [3.05, 3.63) is 40.9 Å². The Labute approximate surface area is 128 Å². The molecule has 0 aliphatic rings. The van der Waals surface area contributed by atoms with Crippen LogP contribution in [0.4, 0.5) is 16.3 Å². The average Bonchev–Trinajstić information content (AvgIpc) is 2.45. The molecular formula is C14H17ClFN5. The first-order valence-electron chi connectivity index (χ1n) is 6.81. The minimum atomic E-state index is -0.234. The molecule has 0 amide bonds. The summed E-state index contributed by atoms with van der Waals surface area (Å²) in [6, 6.07) is 6.50. The maximum atomic E-state index is 13.1. The van der Waals surface area contributed by atoms with Crippen molar-refractivity contribution in [3.63, 3.8) is 0 Å². The maximum Gasteiger partial charge on any atom is 0.228 e. The molecule has 0 atom stereocenters. The molecule has 0 saturated carbocycles. The Bertz CT molecular complexity index is 593. The Hall–Kier alpha value is -1.95. The average molecular weight is 310 g/mol.